The predicted molar refractivity (Wildman–Crippen MR) is 89.8 cm³/mol. The fourth-order valence-corrected chi connectivity index (χ4v) is 3.53. The molecule has 0 aliphatic carbocycles. The zero-order chi connectivity index (χ0) is 16.9. The molecule has 0 spiro atoms. The normalized spacial score (nSPS) is 23.9. The molecule has 3 rings (SSSR count). The first-order valence-corrected chi connectivity index (χ1v) is 8.83. The minimum absolute atomic E-state index is 0.0296. The minimum Gasteiger partial charge on any atom is -0.379 e. The third-order valence-corrected chi connectivity index (χ3v) is 5.04. The summed E-state index contributed by atoms with van der Waals surface area (Å²) in [4.78, 5) is 16.8. The van der Waals surface area contributed by atoms with Gasteiger partial charge in [0, 0.05) is 51.7 Å². The average Bonchev–Trinajstić information content (AvgIpc) is 3.06. The summed E-state index contributed by atoms with van der Waals surface area (Å²) in [5.74, 6) is 1.24. The number of aromatic nitrogens is 3. The van der Waals surface area contributed by atoms with Gasteiger partial charge in [0.05, 0.1) is 13.2 Å². The molecule has 0 unspecified atom stereocenters. The van der Waals surface area contributed by atoms with Gasteiger partial charge in [-0.25, -0.2) is 4.79 Å². The van der Waals surface area contributed by atoms with Crippen molar-refractivity contribution < 1.29 is 9.53 Å². The quantitative estimate of drug-likeness (QED) is 0.863. The van der Waals surface area contributed by atoms with Gasteiger partial charge in [0.1, 0.15) is 12.2 Å². The third kappa shape index (κ3) is 4.05. The van der Waals surface area contributed by atoms with E-state index in [-0.39, 0.29) is 11.9 Å². The van der Waals surface area contributed by atoms with Crippen molar-refractivity contribution in [2.45, 2.75) is 31.7 Å². The Morgan fingerprint density at radius 1 is 1.42 bits per heavy atom. The highest BCUT2D eigenvalue weighted by Gasteiger charge is 2.27. The number of carbonyl (C=O) groups is 1. The van der Waals surface area contributed by atoms with E-state index < -0.39 is 0 Å². The Balaban J connectivity index is 1.48. The molecule has 24 heavy (non-hydrogen) atoms. The maximum atomic E-state index is 12.5. The summed E-state index contributed by atoms with van der Waals surface area (Å²) in [7, 11) is 1.96. The van der Waals surface area contributed by atoms with Gasteiger partial charge in [-0.3, -0.25) is 4.90 Å². The summed E-state index contributed by atoms with van der Waals surface area (Å²) in [6.07, 6.45) is 3.78. The molecular formula is C16H28N6O2. The van der Waals surface area contributed by atoms with Crippen LogP contribution in [0.4, 0.5) is 4.79 Å². The lowest BCUT2D eigenvalue weighted by atomic mass is 9.97. The third-order valence-electron chi connectivity index (χ3n) is 5.04. The van der Waals surface area contributed by atoms with Gasteiger partial charge < -0.3 is 19.5 Å². The summed E-state index contributed by atoms with van der Waals surface area (Å²) in [6, 6.07) is 0.360. The van der Waals surface area contributed by atoms with Crippen LogP contribution in [0.15, 0.2) is 6.33 Å². The second kappa shape index (κ2) is 7.94. The second-order valence-electron chi connectivity index (χ2n) is 6.77. The number of nitrogens with zero attached hydrogens (tertiary/aromatic N) is 5. The summed E-state index contributed by atoms with van der Waals surface area (Å²) < 4.78 is 7.33. The summed E-state index contributed by atoms with van der Waals surface area (Å²) in [6.45, 7) is 7.79. The number of amides is 2. The average molecular weight is 336 g/mol. The highest BCUT2D eigenvalue weighted by Crippen LogP contribution is 2.24. The van der Waals surface area contributed by atoms with Gasteiger partial charge in [0.25, 0.3) is 0 Å². The number of aryl methyl sites for hydroxylation is 1. The van der Waals surface area contributed by atoms with Crippen LogP contribution in [0.1, 0.15) is 31.5 Å². The molecule has 2 aliphatic rings. The highest BCUT2D eigenvalue weighted by molar-refractivity contribution is 5.74. The number of rotatable bonds is 4. The standard InChI is InChI=1S/C16H28N6O2/c1-13(21-6-8-24-9-7-21)10-17-16(23)22-5-3-4-14(11-22)15-19-18-12-20(15)2/h12-14H,3-11H2,1-2H3,(H,17,23)/t13-,14+/m0/s1. The Morgan fingerprint density at radius 2 is 2.21 bits per heavy atom. The Bertz CT molecular complexity index is 542. The SMILES string of the molecule is C[C@@H](CNC(=O)N1CCC[C@@H](c2nncn2C)C1)N1CCOCC1. The lowest BCUT2D eigenvalue weighted by Crippen LogP contribution is -2.51. The van der Waals surface area contributed by atoms with Crippen LogP contribution in [0, 0.1) is 0 Å². The van der Waals surface area contributed by atoms with Gasteiger partial charge in [0.2, 0.25) is 0 Å². The van der Waals surface area contributed by atoms with E-state index in [4.69, 9.17) is 4.74 Å². The van der Waals surface area contributed by atoms with Gasteiger partial charge >= 0.3 is 6.03 Å². The summed E-state index contributed by atoms with van der Waals surface area (Å²) in [5, 5.41) is 11.3. The summed E-state index contributed by atoms with van der Waals surface area (Å²) >= 11 is 0. The molecule has 2 fully saturated rings. The lowest BCUT2D eigenvalue weighted by Gasteiger charge is -2.34. The number of likely N-dealkylation sites (tertiary alicyclic amines) is 1. The first-order chi connectivity index (χ1) is 11.6. The van der Waals surface area contributed by atoms with Crippen LogP contribution in [0.25, 0.3) is 0 Å². The molecule has 0 saturated carbocycles. The zero-order valence-corrected chi connectivity index (χ0v) is 14.6. The van der Waals surface area contributed by atoms with E-state index in [0.29, 0.717) is 19.1 Å². The largest absolute Gasteiger partial charge is 0.379 e. The van der Waals surface area contributed by atoms with E-state index in [9.17, 15) is 4.79 Å². The summed E-state index contributed by atoms with van der Waals surface area (Å²) in [5.41, 5.74) is 0. The number of urea groups is 1. The van der Waals surface area contributed by atoms with Crippen molar-refractivity contribution in [3.8, 4) is 0 Å². The fraction of sp³-hybridized carbons (Fsp3) is 0.812. The monoisotopic (exact) mass is 336 g/mol. The maximum absolute atomic E-state index is 12.5. The maximum Gasteiger partial charge on any atom is 0.317 e. The van der Waals surface area contributed by atoms with Crippen LogP contribution < -0.4 is 5.32 Å². The van der Waals surface area contributed by atoms with Gasteiger partial charge in [0.15, 0.2) is 0 Å². The second-order valence-corrected chi connectivity index (χ2v) is 6.77. The zero-order valence-electron chi connectivity index (χ0n) is 14.6. The number of nitrogens with one attached hydrogen (secondary N) is 1. The van der Waals surface area contributed by atoms with E-state index in [2.05, 4.69) is 27.3 Å². The number of ether oxygens (including phenoxy) is 1. The molecule has 1 N–H and O–H groups in total. The molecule has 3 heterocycles. The molecule has 0 bridgehead atoms. The fourth-order valence-electron chi connectivity index (χ4n) is 3.53. The minimum atomic E-state index is 0.0296. The van der Waals surface area contributed by atoms with Crippen molar-refractivity contribution in [3.05, 3.63) is 12.2 Å². The van der Waals surface area contributed by atoms with Gasteiger partial charge in [-0.15, -0.1) is 10.2 Å². The molecule has 134 valence electrons. The van der Waals surface area contributed by atoms with Crippen molar-refractivity contribution in [1.29, 1.82) is 0 Å². The highest BCUT2D eigenvalue weighted by atomic mass is 16.5. The van der Waals surface area contributed by atoms with Crippen LogP contribution >= 0.6 is 0 Å². The van der Waals surface area contributed by atoms with E-state index >= 15 is 0 Å². The smallest absolute Gasteiger partial charge is 0.317 e. The van der Waals surface area contributed by atoms with Crippen LogP contribution in [0.3, 0.4) is 0 Å². The van der Waals surface area contributed by atoms with Crippen molar-refractivity contribution in [2.24, 2.45) is 7.05 Å². The van der Waals surface area contributed by atoms with Gasteiger partial charge in [-0.05, 0) is 19.8 Å². The van der Waals surface area contributed by atoms with Crippen LogP contribution in [0.2, 0.25) is 0 Å². The molecular weight excluding hydrogens is 308 g/mol. The van der Waals surface area contributed by atoms with Gasteiger partial charge in [-0.1, -0.05) is 0 Å². The topological polar surface area (TPSA) is 75.5 Å². The molecule has 8 nitrogen and oxygen atoms in total. The van der Waals surface area contributed by atoms with Gasteiger partial charge in [-0.2, -0.15) is 0 Å². The Morgan fingerprint density at radius 3 is 2.92 bits per heavy atom. The Hall–Kier alpha value is -1.67. The first-order valence-electron chi connectivity index (χ1n) is 8.83. The molecule has 2 atom stereocenters. The van der Waals surface area contributed by atoms with E-state index in [1.54, 1.807) is 6.33 Å². The van der Waals surface area contributed by atoms with Crippen LogP contribution in [-0.4, -0.2) is 82.6 Å². The molecule has 2 saturated heterocycles. The van der Waals surface area contributed by atoms with Crippen molar-refractivity contribution in [2.75, 3.05) is 45.9 Å². The molecule has 2 amide bonds. The Kier molecular flexibility index (Phi) is 5.68. The number of hydrogen-bond acceptors (Lipinski definition) is 5. The lowest BCUT2D eigenvalue weighted by molar-refractivity contribution is 0.0206. The molecule has 0 aromatic carbocycles. The number of morpholine rings is 1. The van der Waals surface area contributed by atoms with E-state index in [0.717, 1.165) is 51.5 Å². The van der Waals surface area contributed by atoms with E-state index in [1.807, 2.05) is 16.5 Å². The number of piperidine rings is 1. The Labute approximate surface area is 143 Å². The van der Waals surface area contributed by atoms with E-state index in [1.165, 1.54) is 0 Å². The predicted octanol–water partition coefficient (Wildman–Crippen LogP) is 0.425. The molecule has 1 aromatic heterocycles. The van der Waals surface area contributed by atoms with Crippen LogP contribution in [0.5, 0.6) is 0 Å². The number of carbonyl (C=O) groups excluding carboxylic acids is 1. The molecule has 0 radical (unpaired) electrons. The van der Waals surface area contributed by atoms with Crippen molar-refractivity contribution in [3.63, 3.8) is 0 Å². The number of hydrogen-bond donors (Lipinski definition) is 1. The van der Waals surface area contributed by atoms with Crippen LogP contribution in [-0.2, 0) is 11.8 Å². The molecule has 2 aliphatic heterocycles. The molecule has 8 heteroatoms. The van der Waals surface area contributed by atoms with Crippen molar-refractivity contribution in [1.82, 2.24) is 29.9 Å². The first kappa shape index (κ1) is 17.2. The van der Waals surface area contributed by atoms with Crippen molar-refractivity contribution >= 4 is 6.03 Å². The molecule has 1 aromatic rings.